The zero-order valence-electron chi connectivity index (χ0n) is 16.4. The van der Waals surface area contributed by atoms with Crippen LogP contribution in [0.5, 0.6) is 0 Å². The number of nitrogens with one attached hydrogen (secondary N) is 2. The van der Waals surface area contributed by atoms with Crippen molar-refractivity contribution in [3.63, 3.8) is 0 Å². The second-order valence-corrected chi connectivity index (χ2v) is 9.81. The van der Waals surface area contributed by atoms with E-state index in [2.05, 4.69) is 46.8 Å². The van der Waals surface area contributed by atoms with E-state index in [0.29, 0.717) is 5.13 Å². The number of carbonyl (C=O) groups excluding carboxylic acids is 1. The lowest BCUT2D eigenvalue weighted by atomic mass is 9.83. The van der Waals surface area contributed by atoms with Gasteiger partial charge in [0.1, 0.15) is 5.54 Å². The Kier molecular flexibility index (Phi) is 6.57. The molecule has 0 saturated heterocycles. The fourth-order valence-corrected chi connectivity index (χ4v) is 5.18. The van der Waals surface area contributed by atoms with Gasteiger partial charge in [0, 0.05) is 5.69 Å². The zero-order chi connectivity index (χ0) is 20.1. The zero-order valence-corrected chi connectivity index (χ0v) is 18.0. The van der Waals surface area contributed by atoms with Crippen LogP contribution >= 0.6 is 23.1 Å². The summed E-state index contributed by atoms with van der Waals surface area (Å²) in [7, 11) is 0. The molecule has 2 aromatic rings. The van der Waals surface area contributed by atoms with Crippen molar-refractivity contribution in [3.8, 4) is 6.07 Å². The summed E-state index contributed by atoms with van der Waals surface area (Å²) in [5, 5.41) is 24.6. The molecule has 148 valence electrons. The topological polar surface area (TPSA) is 90.7 Å². The average Bonchev–Trinajstić information content (AvgIpc) is 3.13. The molecule has 8 heteroatoms. The molecule has 1 aliphatic rings. The SMILES string of the molecule is Cc1cccc(Nc2nnc(S[C@@H](C)C(=O)NC3(C#N)CCCCC3)s2)c1C. The van der Waals surface area contributed by atoms with Crippen LogP contribution in [0.3, 0.4) is 0 Å². The molecule has 3 rings (SSSR count). The van der Waals surface area contributed by atoms with Crippen LogP contribution < -0.4 is 10.6 Å². The summed E-state index contributed by atoms with van der Waals surface area (Å²) in [6.45, 7) is 5.98. The van der Waals surface area contributed by atoms with Crippen molar-refractivity contribution < 1.29 is 4.79 Å². The van der Waals surface area contributed by atoms with E-state index in [4.69, 9.17) is 0 Å². The van der Waals surface area contributed by atoms with Gasteiger partial charge in [0.05, 0.1) is 11.3 Å². The molecule has 1 atom stereocenters. The van der Waals surface area contributed by atoms with Gasteiger partial charge < -0.3 is 10.6 Å². The van der Waals surface area contributed by atoms with Crippen molar-refractivity contribution in [1.29, 1.82) is 5.26 Å². The molecule has 0 unspecified atom stereocenters. The van der Waals surface area contributed by atoms with E-state index in [1.807, 2.05) is 19.1 Å². The summed E-state index contributed by atoms with van der Waals surface area (Å²) in [6, 6.07) is 8.42. The van der Waals surface area contributed by atoms with Gasteiger partial charge in [0.25, 0.3) is 0 Å². The molecule has 0 radical (unpaired) electrons. The van der Waals surface area contributed by atoms with Crippen LogP contribution in [0.25, 0.3) is 0 Å². The van der Waals surface area contributed by atoms with Crippen molar-refractivity contribution in [2.75, 3.05) is 5.32 Å². The number of aromatic nitrogens is 2. The quantitative estimate of drug-likeness (QED) is 0.663. The molecule has 1 fully saturated rings. The van der Waals surface area contributed by atoms with Crippen LogP contribution in [0.2, 0.25) is 0 Å². The Morgan fingerprint density at radius 2 is 2.04 bits per heavy atom. The highest BCUT2D eigenvalue weighted by atomic mass is 32.2. The standard InChI is InChI=1S/C20H25N5OS2/c1-13-8-7-9-16(14(13)2)22-18-24-25-19(28-18)27-15(3)17(26)23-20(12-21)10-5-4-6-11-20/h7-9,15H,4-6,10-11H2,1-3H3,(H,22,24)(H,23,26)/t15-/m0/s1. The second kappa shape index (κ2) is 8.93. The second-order valence-electron chi connectivity index (χ2n) is 7.25. The number of benzene rings is 1. The Labute approximate surface area is 174 Å². The Bertz CT molecular complexity index is 883. The van der Waals surface area contributed by atoms with E-state index in [1.54, 1.807) is 0 Å². The highest BCUT2D eigenvalue weighted by molar-refractivity contribution is 8.02. The molecule has 1 heterocycles. The minimum Gasteiger partial charge on any atom is -0.337 e. The molecule has 0 aliphatic heterocycles. The Balaban J connectivity index is 1.60. The van der Waals surface area contributed by atoms with Crippen LogP contribution in [-0.4, -0.2) is 26.9 Å². The molecule has 1 saturated carbocycles. The average molecular weight is 416 g/mol. The molecular weight excluding hydrogens is 390 g/mol. The summed E-state index contributed by atoms with van der Waals surface area (Å²) >= 11 is 2.80. The van der Waals surface area contributed by atoms with E-state index >= 15 is 0 Å². The van der Waals surface area contributed by atoms with E-state index in [9.17, 15) is 10.1 Å². The lowest BCUT2D eigenvalue weighted by Gasteiger charge is -2.32. The van der Waals surface area contributed by atoms with E-state index in [1.165, 1.54) is 34.2 Å². The molecular formula is C20H25N5OS2. The Morgan fingerprint density at radius 3 is 2.75 bits per heavy atom. The predicted molar refractivity (Wildman–Crippen MR) is 114 cm³/mol. The van der Waals surface area contributed by atoms with Gasteiger partial charge in [-0.25, -0.2) is 0 Å². The first-order valence-electron chi connectivity index (χ1n) is 9.49. The van der Waals surface area contributed by atoms with E-state index in [0.717, 1.165) is 42.1 Å². The number of thioether (sulfide) groups is 1. The van der Waals surface area contributed by atoms with Gasteiger partial charge in [-0.05, 0) is 50.8 Å². The van der Waals surface area contributed by atoms with Crippen LogP contribution in [0.1, 0.15) is 50.2 Å². The largest absolute Gasteiger partial charge is 0.337 e. The molecule has 6 nitrogen and oxygen atoms in total. The summed E-state index contributed by atoms with van der Waals surface area (Å²) in [5.41, 5.74) is 2.69. The summed E-state index contributed by atoms with van der Waals surface area (Å²) in [5.74, 6) is -0.118. The summed E-state index contributed by atoms with van der Waals surface area (Å²) in [6.07, 6.45) is 4.56. The van der Waals surface area contributed by atoms with Crippen molar-refractivity contribution >= 4 is 39.8 Å². The highest BCUT2D eigenvalue weighted by Crippen LogP contribution is 2.33. The van der Waals surface area contributed by atoms with Crippen LogP contribution in [-0.2, 0) is 4.79 Å². The maximum absolute atomic E-state index is 12.6. The maximum Gasteiger partial charge on any atom is 0.234 e. The van der Waals surface area contributed by atoms with E-state index in [-0.39, 0.29) is 11.2 Å². The number of nitrogens with zero attached hydrogens (tertiary/aromatic N) is 3. The number of carbonyl (C=O) groups is 1. The van der Waals surface area contributed by atoms with Gasteiger partial charge in [-0.2, -0.15) is 5.26 Å². The molecule has 2 N–H and O–H groups in total. The minimum absolute atomic E-state index is 0.118. The van der Waals surface area contributed by atoms with Crippen LogP contribution in [0, 0.1) is 25.2 Å². The fourth-order valence-electron chi connectivity index (χ4n) is 3.27. The highest BCUT2D eigenvalue weighted by Gasteiger charge is 2.35. The minimum atomic E-state index is -0.708. The fraction of sp³-hybridized carbons (Fsp3) is 0.500. The van der Waals surface area contributed by atoms with Gasteiger partial charge >= 0.3 is 0 Å². The first-order valence-corrected chi connectivity index (χ1v) is 11.2. The third kappa shape index (κ3) is 4.83. The lowest BCUT2D eigenvalue weighted by Crippen LogP contribution is -2.50. The molecule has 0 bridgehead atoms. The lowest BCUT2D eigenvalue weighted by molar-refractivity contribution is -0.121. The maximum atomic E-state index is 12.6. The molecule has 1 aromatic carbocycles. The number of aryl methyl sites for hydroxylation is 1. The Morgan fingerprint density at radius 1 is 1.29 bits per heavy atom. The number of hydrogen-bond donors (Lipinski definition) is 2. The third-order valence-electron chi connectivity index (χ3n) is 5.18. The van der Waals surface area contributed by atoms with Gasteiger partial charge in [0.15, 0.2) is 4.34 Å². The van der Waals surface area contributed by atoms with E-state index < -0.39 is 5.54 Å². The molecule has 0 spiro atoms. The van der Waals surface area contributed by atoms with Crippen molar-refractivity contribution in [1.82, 2.24) is 15.5 Å². The number of rotatable bonds is 6. The Hall–Kier alpha value is -2.11. The predicted octanol–water partition coefficient (Wildman–Crippen LogP) is 4.72. The summed E-state index contributed by atoms with van der Waals surface area (Å²) in [4.78, 5) is 12.6. The number of amides is 1. The molecule has 1 aromatic heterocycles. The van der Waals surface area contributed by atoms with Gasteiger partial charge in [-0.15, -0.1) is 10.2 Å². The van der Waals surface area contributed by atoms with Crippen molar-refractivity contribution in [2.45, 2.75) is 68.0 Å². The third-order valence-corrected chi connectivity index (χ3v) is 7.21. The molecule has 1 aliphatic carbocycles. The number of hydrogen-bond acceptors (Lipinski definition) is 7. The van der Waals surface area contributed by atoms with Crippen molar-refractivity contribution in [3.05, 3.63) is 29.3 Å². The monoisotopic (exact) mass is 415 g/mol. The first kappa shape index (κ1) is 20.6. The van der Waals surface area contributed by atoms with Gasteiger partial charge in [-0.3, -0.25) is 4.79 Å². The normalized spacial score (nSPS) is 16.8. The van der Waals surface area contributed by atoms with Crippen LogP contribution in [0.4, 0.5) is 10.8 Å². The molecule has 28 heavy (non-hydrogen) atoms. The molecule has 1 amide bonds. The summed E-state index contributed by atoms with van der Waals surface area (Å²) < 4.78 is 0.727. The smallest absolute Gasteiger partial charge is 0.234 e. The van der Waals surface area contributed by atoms with Crippen molar-refractivity contribution in [2.24, 2.45) is 0 Å². The first-order chi connectivity index (χ1) is 13.4. The van der Waals surface area contributed by atoms with Gasteiger partial charge in [-0.1, -0.05) is 54.5 Å². The number of nitriles is 1. The van der Waals surface area contributed by atoms with Gasteiger partial charge in [0.2, 0.25) is 11.0 Å². The number of anilines is 2. The van der Waals surface area contributed by atoms with Crippen LogP contribution in [0.15, 0.2) is 22.5 Å².